The summed E-state index contributed by atoms with van der Waals surface area (Å²) in [6, 6.07) is 7.21. The van der Waals surface area contributed by atoms with Gasteiger partial charge in [0.25, 0.3) is 0 Å². The predicted octanol–water partition coefficient (Wildman–Crippen LogP) is 3.79. The molecule has 0 bridgehead atoms. The second-order valence-electron chi connectivity index (χ2n) is 5.97. The van der Waals surface area contributed by atoms with E-state index in [0.717, 1.165) is 5.56 Å². The van der Waals surface area contributed by atoms with Crippen LogP contribution in [-0.2, 0) is 9.47 Å². The van der Waals surface area contributed by atoms with Gasteiger partial charge in [-0.2, -0.15) is 0 Å². The molecule has 0 radical (unpaired) electrons. The van der Waals surface area contributed by atoms with Crippen LogP contribution < -0.4 is 5.32 Å². The lowest BCUT2D eigenvalue weighted by Crippen LogP contribution is -2.32. The van der Waals surface area contributed by atoms with Crippen molar-refractivity contribution >= 4 is 18.1 Å². The number of nitrogens with one attached hydrogen (secondary N) is 1. The summed E-state index contributed by atoms with van der Waals surface area (Å²) < 4.78 is 10.1. The highest BCUT2D eigenvalue weighted by Crippen LogP contribution is 2.09. The van der Waals surface area contributed by atoms with Crippen LogP contribution in [0.5, 0.6) is 0 Å². The Morgan fingerprint density at radius 1 is 1.26 bits per heavy atom. The molecule has 1 N–H and O–H groups in total. The zero-order valence-electron chi connectivity index (χ0n) is 14.2. The third-order valence-electron chi connectivity index (χ3n) is 2.69. The summed E-state index contributed by atoms with van der Waals surface area (Å²) in [6.45, 7) is 8.09. The van der Waals surface area contributed by atoms with Crippen LogP contribution in [0.25, 0.3) is 6.08 Å². The topological polar surface area (TPSA) is 64.6 Å². The van der Waals surface area contributed by atoms with E-state index in [-0.39, 0.29) is 5.97 Å². The molecule has 5 nitrogen and oxygen atoms in total. The summed E-state index contributed by atoms with van der Waals surface area (Å²) in [5, 5.41) is 2.69. The predicted molar refractivity (Wildman–Crippen MR) is 90.3 cm³/mol. The van der Waals surface area contributed by atoms with Gasteiger partial charge < -0.3 is 14.8 Å². The first-order valence-corrected chi connectivity index (χ1v) is 7.72. The minimum absolute atomic E-state index is 0.325. The largest absolute Gasteiger partial charge is 0.462 e. The third kappa shape index (κ3) is 8.04. The molecule has 23 heavy (non-hydrogen) atoms. The van der Waals surface area contributed by atoms with E-state index in [1.54, 1.807) is 19.1 Å². The van der Waals surface area contributed by atoms with E-state index in [2.05, 4.69) is 5.32 Å². The Labute approximate surface area is 137 Å². The van der Waals surface area contributed by atoms with Crippen LogP contribution in [0.4, 0.5) is 4.79 Å². The van der Waals surface area contributed by atoms with E-state index < -0.39 is 11.7 Å². The molecule has 0 spiro atoms. The first kappa shape index (κ1) is 18.7. The maximum atomic E-state index is 11.7. The van der Waals surface area contributed by atoms with Crippen LogP contribution in [0.3, 0.4) is 0 Å². The van der Waals surface area contributed by atoms with Crippen molar-refractivity contribution in [3.8, 4) is 0 Å². The van der Waals surface area contributed by atoms with Crippen LogP contribution in [0, 0.1) is 0 Å². The molecule has 0 unspecified atom stereocenters. The molecular formula is C18H25NO4. The van der Waals surface area contributed by atoms with Gasteiger partial charge in [0.2, 0.25) is 0 Å². The zero-order chi connectivity index (χ0) is 17.3. The van der Waals surface area contributed by atoms with Crippen molar-refractivity contribution in [1.82, 2.24) is 5.32 Å². The molecule has 1 rings (SSSR count). The summed E-state index contributed by atoms with van der Waals surface area (Å²) in [6.07, 6.45) is 4.08. The average molecular weight is 319 g/mol. The Balaban J connectivity index is 2.42. The summed E-state index contributed by atoms with van der Waals surface area (Å²) in [5.41, 5.74) is 0.946. The number of benzene rings is 1. The lowest BCUT2D eigenvalue weighted by molar-refractivity contribution is 0.0517. The second kappa shape index (κ2) is 8.98. The first-order valence-electron chi connectivity index (χ1n) is 7.72. The molecule has 0 fully saturated rings. The van der Waals surface area contributed by atoms with Gasteiger partial charge in [0, 0.05) is 6.54 Å². The van der Waals surface area contributed by atoms with Crippen molar-refractivity contribution in [3.63, 3.8) is 0 Å². The lowest BCUT2D eigenvalue weighted by Gasteiger charge is -2.19. The summed E-state index contributed by atoms with van der Waals surface area (Å²) in [4.78, 5) is 23.1. The molecule has 0 heterocycles. The molecule has 1 amide bonds. The molecular weight excluding hydrogens is 294 g/mol. The van der Waals surface area contributed by atoms with Crippen LogP contribution >= 0.6 is 0 Å². The number of amides is 1. The van der Waals surface area contributed by atoms with Gasteiger partial charge >= 0.3 is 12.1 Å². The minimum atomic E-state index is -0.493. The molecule has 1 aromatic rings. The molecule has 0 aliphatic rings. The summed E-state index contributed by atoms with van der Waals surface area (Å²) >= 11 is 0. The van der Waals surface area contributed by atoms with Gasteiger partial charge in [-0.3, -0.25) is 0 Å². The number of rotatable bonds is 6. The first-order chi connectivity index (χ1) is 10.8. The van der Waals surface area contributed by atoms with E-state index in [4.69, 9.17) is 9.47 Å². The van der Waals surface area contributed by atoms with Gasteiger partial charge in [-0.1, -0.05) is 24.3 Å². The number of carbonyl (C=O) groups is 2. The molecule has 0 aromatic heterocycles. The van der Waals surface area contributed by atoms with Crippen LogP contribution in [-0.4, -0.2) is 30.8 Å². The minimum Gasteiger partial charge on any atom is -0.462 e. The van der Waals surface area contributed by atoms with Gasteiger partial charge in [-0.25, -0.2) is 9.59 Å². The zero-order valence-corrected chi connectivity index (χ0v) is 14.2. The Kier molecular flexibility index (Phi) is 7.32. The van der Waals surface area contributed by atoms with Crippen LogP contribution in [0.2, 0.25) is 0 Å². The Hall–Kier alpha value is -2.30. The highest BCUT2D eigenvalue weighted by Gasteiger charge is 2.15. The number of alkyl carbamates (subject to hydrolysis) is 1. The highest BCUT2D eigenvalue weighted by molar-refractivity contribution is 5.90. The third-order valence-corrected chi connectivity index (χ3v) is 2.69. The SMILES string of the molecule is CCOC(=O)c1cccc(C=CCCNC(=O)OC(C)(C)C)c1. The van der Waals surface area contributed by atoms with E-state index in [0.29, 0.717) is 25.1 Å². The van der Waals surface area contributed by atoms with Crippen molar-refractivity contribution in [2.75, 3.05) is 13.2 Å². The van der Waals surface area contributed by atoms with Gasteiger partial charge in [0.05, 0.1) is 12.2 Å². The van der Waals surface area contributed by atoms with Crippen LogP contribution in [0.15, 0.2) is 30.3 Å². The van der Waals surface area contributed by atoms with Crippen molar-refractivity contribution in [2.45, 2.75) is 39.7 Å². The normalized spacial score (nSPS) is 11.3. The van der Waals surface area contributed by atoms with E-state index >= 15 is 0 Å². The fourth-order valence-corrected chi connectivity index (χ4v) is 1.77. The van der Waals surface area contributed by atoms with Gasteiger partial charge in [0.1, 0.15) is 5.60 Å². The van der Waals surface area contributed by atoms with Gasteiger partial charge in [0.15, 0.2) is 0 Å². The summed E-state index contributed by atoms with van der Waals surface area (Å²) in [5.74, 6) is -0.325. The highest BCUT2D eigenvalue weighted by atomic mass is 16.6. The quantitative estimate of drug-likeness (QED) is 0.640. The molecule has 0 aliphatic carbocycles. The average Bonchev–Trinajstić information content (AvgIpc) is 2.45. The lowest BCUT2D eigenvalue weighted by atomic mass is 10.1. The van der Waals surface area contributed by atoms with E-state index in [1.165, 1.54) is 0 Å². The van der Waals surface area contributed by atoms with E-state index in [9.17, 15) is 9.59 Å². The van der Waals surface area contributed by atoms with Crippen molar-refractivity contribution in [2.24, 2.45) is 0 Å². The summed E-state index contributed by atoms with van der Waals surface area (Å²) in [7, 11) is 0. The number of hydrogen-bond donors (Lipinski definition) is 1. The maximum Gasteiger partial charge on any atom is 0.407 e. The molecule has 0 saturated heterocycles. The molecule has 0 saturated carbocycles. The number of esters is 1. The Bertz CT molecular complexity index is 558. The monoisotopic (exact) mass is 319 g/mol. The fourth-order valence-electron chi connectivity index (χ4n) is 1.77. The smallest absolute Gasteiger partial charge is 0.407 e. The van der Waals surface area contributed by atoms with Crippen molar-refractivity contribution < 1.29 is 19.1 Å². The fraction of sp³-hybridized carbons (Fsp3) is 0.444. The number of carbonyl (C=O) groups excluding carboxylic acids is 2. The Morgan fingerprint density at radius 2 is 2.00 bits per heavy atom. The molecule has 126 valence electrons. The standard InChI is InChI=1S/C18H25NO4/c1-5-22-16(20)15-11-8-10-14(13-15)9-6-7-12-19-17(21)23-18(2,3)4/h6,8-11,13H,5,7,12H2,1-4H3,(H,19,21). The molecule has 0 atom stereocenters. The number of ether oxygens (including phenoxy) is 2. The second-order valence-corrected chi connectivity index (χ2v) is 5.97. The number of hydrogen-bond acceptors (Lipinski definition) is 4. The van der Waals surface area contributed by atoms with Crippen LogP contribution in [0.1, 0.15) is 50.0 Å². The van der Waals surface area contributed by atoms with Gasteiger partial charge in [-0.05, 0) is 51.8 Å². The molecule has 0 aliphatic heterocycles. The van der Waals surface area contributed by atoms with Gasteiger partial charge in [-0.15, -0.1) is 0 Å². The Morgan fingerprint density at radius 3 is 2.65 bits per heavy atom. The van der Waals surface area contributed by atoms with E-state index in [1.807, 2.05) is 45.1 Å². The van der Waals surface area contributed by atoms with Crippen molar-refractivity contribution in [1.29, 1.82) is 0 Å². The molecule has 1 aromatic carbocycles. The van der Waals surface area contributed by atoms with Crippen molar-refractivity contribution in [3.05, 3.63) is 41.5 Å². The maximum absolute atomic E-state index is 11.7. The molecule has 5 heteroatoms.